The molecule has 0 aromatic heterocycles. The largest absolute Gasteiger partial charge is 0.479 e. The van der Waals surface area contributed by atoms with Gasteiger partial charge in [0, 0.05) is 0 Å². The van der Waals surface area contributed by atoms with E-state index in [1.54, 1.807) is 12.1 Å². The van der Waals surface area contributed by atoms with Gasteiger partial charge >= 0.3 is 5.97 Å². The highest BCUT2D eigenvalue weighted by Gasteiger charge is 2.19. The van der Waals surface area contributed by atoms with Crippen LogP contribution in [0.1, 0.15) is 24.0 Å². The van der Waals surface area contributed by atoms with Gasteiger partial charge in [0.05, 0.1) is 4.90 Å². The van der Waals surface area contributed by atoms with E-state index in [-0.39, 0.29) is 4.90 Å². The zero-order valence-electron chi connectivity index (χ0n) is 9.76. The highest BCUT2D eigenvalue weighted by Crippen LogP contribution is 2.24. The van der Waals surface area contributed by atoms with Crippen LogP contribution in [0.3, 0.4) is 0 Å². The van der Waals surface area contributed by atoms with Gasteiger partial charge < -0.3 is 5.11 Å². The van der Waals surface area contributed by atoms with Gasteiger partial charge in [0.1, 0.15) is 0 Å². The van der Waals surface area contributed by atoms with Crippen molar-refractivity contribution in [2.45, 2.75) is 30.6 Å². The molecule has 0 spiro atoms. The average Bonchev–Trinajstić information content (AvgIpc) is 2.36. The Morgan fingerprint density at radius 2 is 1.89 bits per heavy atom. The Morgan fingerprint density at radius 1 is 1.22 bits per heavy atom. The third-order valence-electron chi connectivity index (χ3n) is 2.95. The van der Waals surface area contributed by atoms with Crippen LogP contribution in [0.4, 0.5) is 0 Å². The predicted octanol–water partition coefficient (Wildman–Crippen LogP) is 1.36. The number of aliphatic carboxylic acids is 1. The summed E-state index contributed by atoms with van der Waals surface area (Å²) in [7, 11) is -3.97. The number of carboxylic acid groups (broad SMARTS) is 1. The summed E-state index contributed by atoms with van der Waals surface area (Å²) >= 11 is 0. The summed E-state index contributed by atoms with van der Waals surface area (Å²) in [6.07, 6.45) is 3.99. The fourth-order valence-corrected chi connectivity index (χ4v) is 2.97. The molecule has 1 aliphatic carbocycles. The molecular formula is C12H14O5S. The number of fused-ring (bicyclic) bond motifs is 1. The van der Waals surface area contributed by atoms with Crippen LogP contribution in [0.2, 0.25) is 0 Å². The van der Waals surface area contributed by atoms with Crippen molar-refractivity contribution in [3.05, 3.63) is 29.3 Å². The van der Waals surface area contributed by atoms with Gasteiger partial charge in [0.2, 0.25) is 0 Å². The summed E-state index contributed by atoms with van der Waals surface area (Å²) in [5, 5.41) is 8.43. The van der Waals surface area contributed by atoms with Gasteiger partial charge in [-0.15, -0.1) is 0 Å². The highest BCUT2D eigenvalue weighted by atomic mass is 32.2. The quantitative estimate of drug-likeness (QED) is 0.835. The van der Waals surface area contributed by atoms with E-state index in [9.17, 15) is 13.2 Å². The SMILES string of the molecule is O=C(O)COS(=O)(=O)c1ccc2c(c1)CCCC2. The lowest BCUT2D eigenvalue weighted by Gasteiger charge is -2.16. The fraction of sp³-hybridized carbons (Fsp3) is 0.417. The van der Waals surface area contributed by atoms with Crippen molar-refractivity contribution in [3.8, 4) is 0 Å². The van der Waals surface area contributed by atoms with Crippen molar-refractivity contribution in [1.29, 1.82) is 0 Å². The standard InChI is InChI=1S/C12H14O5S/c13-12(14)8-17-18(15,16)11-6-5-9-3-1-2-4-10(9)7-11/h5-7H,1-4,8H2,(H,13,14). The normalized spacial score (nSPS) is 15.1. The maximum Gasteiger partial charge on any atom is 0.331 e. The minimum atomic E-state index is -3.97. The topological polar surface area (TPSA) is 80.7 Å². The molecule has 5 nitrogen and oxygen atoms in total. The zero-order chi connectivity index (χ0) is 13.2. The summed E-state index contributed by atoms with van der Waals surface area (Å²) in [6.45, 7) is -0.848. The Morgan fingerprint density at radius 3 is 2.56 bits per heavy atom. The molecule has 0 saturated carbocycles. The number of carboxylic acids is 1. The van der Waals surface area contributed by atoms with E-state index in [1.165, 1.54) is 11.6 Å². The van der Waals surface area contributed by atoms with Crippen molar-refractivity contribution < 1.29 is 22.5 Å². The Hall–Kier alpha value is -1.40. The van der Waals surface area contributed by atoms with E-state index in [0.29, 0.717) is 0 Å². The van der Waals surface area contributed by atoms with Crippen molar-refractivity contribution in [1.82, 2.24) is 0 Å². The molecule has 0 saturated heterocycles. The number of hydrogen-bond donors (Lipinski definition) is 1. The lowest BCUT2D eigenvalue weighted by atomic mass is 9.92. The molecule has 1 aromatic rings. The van der Waals surface area contributed by atoms with Gasteiger partial charge in [-0.25, -0.2) is 4.79 Å². The number of carbonyl (C=O) groups is 1. The third-order valence-corrected chi connectivity index (χ3v) is 4.21. The van der Waals surface area contributed by atoms with Gasteiger partial charge in [-0.05, 0) is 48.9 Å². The molecule has 1 N–H and O–H groups in total. The number of hydrogen-bond acceptors (Lipinski definition) is 4. The molecule has 1 aromatic carbocycles. The van der Waals surface area contributed by atoms with Crippen LogP contribution in [-0.2, 0) is 31.9 Å². The lowest BCUT2D eigenvalue weighted by molar-refractivity contribution is -0.139. The van der Waals surface area contributed by atoms with E-state index in [1.807, 2.05) is 0 Å². The third kappa shape index (κ3) is 2.88. The highest BCUT2D eigenvalue weighted by molar-refractivity contribution is 7.86. The van der Waals surface area contributed by atoms with E-state index in [4.69, 9.17) is 5.11 Å². The van der Waals surface area contributed by atoms with Gasteiger partial charge in [-0.2, -0.15) is 8.42 Å². The Kier molecular flexibility index (Phi) is 3.68. The molecular weight excluding hydrogens is 256 g/mol. The van der Waals surface area contributed by atoms with Crippen LogP contribution >= 0.6 is 0 Å². The minimum absolute atomic E-state index is 0.0319. The fourth-order valence-electron chi connectivity index (χ4n) is 2.06. The minimum Gasteiger partial charge on any atom is -0.479 e. The van der Waals surface area contributed by atoms with Gasteiger partial charge in [0.25, 0.3) is 10.1 Å². The van der Waals surface area contributed by atoms with Gasteiger partial charge in [-0.1, -0.05) is 6.07 Å². The first-order valence-electron chi connectivity index (χ1n) is 5.72. The van der Waals surface area contributed by atoms with Crippen LogP contribution in [0, 0.1) is 0 Å². The maximum atomic E-state index is 11.7. The summed E-state index contributed by atoms with van der Waals surface area (Å²) in [5.41, 5.74) is 2.18. The van der Waals surface area contributed by atoms with Gasteiger partial charge in [0.15, 0.2) is 6.61 Å². The van der Waals surface area contributed by atoms with Crippen molar-refractivity contribution in [3.63, 3.8) is 0 Å². The summed E-state index contributed by atoms with van der Waals surface area (Å²) < 4.78 is 27.9. The van der Waals surface area contributed by atoms with Gasteiger partial charge in [-0.3, -0.25) is 4.18 Å². The summed E-state index contributed by atoms with van der Waals surface area (Å²) in [6, 6.07) is 4.85. The smallest absolute Gasteiger partial charge is 0.331 e. The molecule has 0 radical (unpaired) electrons. The van der Waals surface area contributed by atoms with E-state index < -0.39 is 22.7 Å². The Balaban J connectivity index is 2.25. The van der Waals surface area contributed by atoms with E-state index in [2.05, 4.69) is 4.18 Å². The Labute approximate surface area is 106 Å². The van der Waals surface area contributed by atoms with Crippen LogP contribution in [0.25, 0.3) is 0 Å². The molecule has 0 unspecified atom stereocenters. The first-order chi connectivity index (χ1) is 8.49. The average molecular weight is 270 g/mol. The van der Waals surface area contributed by atoms with E-state index >= 15 is 0 Å². The molecule has 98 valence electrons. The number of benzene rings is 1. The molecule has 0 atom stereocenters. The van der Waals surface area contributed by atoms with Crippen LogP contribution in [0.5, 0.6) is 0 Å². The number of aryl methyl sites for hydroxylation is 2. The predicted molar refractivity (Wildman–Crippen MR) is 63.9 cm³/mol. The molecule has 0 fully saturated rings. The lowest BCUT2D eigenvalue weighted by Crippen LogP contribution is -2.14. The summed E-state index contributed by atoms with van der Waals surface area (Å²) in [4.78, 5) is 10.4. The second-order valence-corrected chi connectivity index (χ2v) is 5.86. The number of rotatable bonds is 4. The first kappa shape index (κ1) is 13.0. The second-order valence-electron chi connectivity index (χ2n) is 4.25. The molecule has 0 heterocycles. The molecule has 0 aliphatic heterocycles. The summed E-state index contributed by atoms with van der Waals surface area (Å²) in [5.74, 6) is -1.31. The van der Waals surface area contributed by atoms with Crippen molar-refractivity contribution >= 4 is 16.1 Å². The molecule has 1 aliphatic rings. The molecule has 18 heavy (non-hydrogen) atoms. The molecule has 0 bridgehead atoms. The van der Waals surface area contributed by atoms with Crippen LogP contribution < -0.4 is 0 Å². The van der Waals surface area contributed by atoms with Crippen LogP contribution in [-0.4, -0.2) is 26.1 Å². The zero-order valence-corrected chi connectivity index (χ0v) is 10.6. The first-order valence-corrected chi connectivity index (χ1v) is 7.13. The second kappa shape index (κ2) is 5.07. The monoisotopic (exact) mass is 270 g/mol. The maximum absolute atomic E-state index is 11.7. The Bertz CT molecular complexity index is 562. The van der Waals surface area contributed by atoms with Crippen molar-refractivity contribution in [2.75, 3.05) is 6.61 Å². The van der Waals surface area contributed by atoms with E-state index in [0.717, 1.165) is 31.2 Å². The molecule has 0 amide bonds. The van der Waals surface area contributed by atoms with Crippen LogP contribution in [0.15, 0.2) is 23.1 Å². The molecule has 2 rings (SSSR count). The molecule has 6 heteroatoms. The van der Waals surface area contributed by atoms with Crippen molar-refractivity contribution in [2.24, 2.45) is 0 Å².